The zero-order valence-corrected chi connectivity index (χ0v) is 14.9. The van der Waals surface area contributed by atoms with Crippen molar-refractivity contribution < 1.29 is 4.79 Å². The van der Waals surface area contributed by atoms with Crippen LogP contribution in [0.3, 0.4) is 0 Å². The Balaban J connectivity index is 1.43. The molecule has 1 aliphatic rings. The third-order valence-electron chi connectivity index (χ3n) is 4.76. The lowest BCUT2D eigenvalue weighted by Crippen LogP contribution is -2.45. The number of rotatable bonds is 5. The molecule has 1 fully saturated rings. The number of amides is 2. The molecule has 132 valence electrons. The Hall–Kier alpha value is -2.33. The average Bonchev–Trinajstić information content (AvgIpc) is 2.64. The van der Waals surface area contributed by atoms with Crippen molar-refractivity contribution in [2.75, 3.05) is 18.4 Å². The molecule has 3 rings (SSSR count). The number of nitrogens with one attached hydrogen (secondary N) is 2. The minimum Gasteiger partial charge on any atom is -0.335 e. The predicted molar refractivity (Wildman–Crippen MR) is 103 cm³/mol. The molecule has 4 heteroatoms. The zero-order chi connectivity index (χ0) is 17.5. The Labute approximate surface area is 150 Å². The Morgan fingerprint density at radius 1 is 1.04 bits per heavy atom. The number of anilines is 1. The van der Waals surface area contributed by atoms with E-state index in [1.165, 1.54) is 11.1 Å². The summed E-state index contributed by atoms with van der Waals surface area (Å²) >= 11 is 0. The van der Waals surface area contributed by atoms with Crippen LogP contribution in [0.2, 0.25) is 0 Å². The molecule has 0 aromatic heterocycles. The molecule has 0 atom stereocenters. The first-order chi connectivity index (χ1) is 12.2. The smallest absolute Gasteiger partial charge is 0.319 e. The highest BCUT2D eigenvalue weighted by Gasteiger charge is 2.20. The molecule has 25 heavy (non-hydrogen) atoms. The van der Waals surface area contributed by atoms with Gasteiger partial charge in [-0.3, -0.25) is 4.90 Å². The van der Waals surface area contributed by atoms with E-state index in [2.05, 4.69) is 46.7 Å². The molecule has 0 radical (unpaired) electrons. The second-order valence-corrected chi connectivity index (χ2v) is 6.69. The Kier molecular flexibility index (Phi) is 6.07. The summed E-state index contributed by atoms with van der Waals surface area (Å²) in [7, 11) is 0. The highest BCUT2D eigenvalue weighted by Crippen LogP contribution is 2.15. The molecular weight excluding hydrogens is 310 g/mol. The first kappa shape index (κ1) is 17.5. The number of nitrogens with zero attached hydrogens (tertiary/aromatic N) is 1. The van der Waals surface area contributed by atoms with Gasteiger partial charge in [-0.2, -0.15) is 0 Å². The highest BCUT2D eigenvalue weighted by atomic mass is 16.2. The number of aryl methyl sites for hydroxylation is 1. The molecule has 1 aliphatic heterocycles. The van der Waals surface area contributed by atoms with E-state index in [9.17, 15) is 4.79 Å². The number of carbonyl (C=O) groups excluding carboxylic acids is 1. The lowest BCUT2D eigenvalue weighted by molar-refractivity contribution is 0.190. The molecule has 0 unspecified atom stereocenters. The largest absolute Gasteiger partial charge is 0.335 e. The fourth-order valence-electron chi connectivity index (χ4n) is 3.32. The van der Waals surface area contributed by atoms with E-state index in [-0.39, 0.29) is 12.1 Å². The predicted octanol–water partition coefficient (Wildman–Crippen LogP) is 4.04. The van der Waals surface area contributed by atoms with Crippen LogP contribution in [0.25, 0.3) is 0 Å². The zero-order valence-electron chi connectivity index (χ0n) is 14.9. The highest BCUT2D eigenvalue weighted by molar-refractivity contribution is 5.89. The van der Waals surface area contributed by atoms with E-state index in [4.69, 9.17) is 0 Å². The van der Waals surface area contributed by atoms with Crippen LogP contribution < -0.4 is 10.6 Å². The van der Waals surface area contributed by atoms with E-state index in [0.29, 0.717) is 0 Å². The summed E-state index contributed by atoms with van der Waals surface area (Å²) in [4.78, 5) is 14.6. The van der Waals surface area contributed by atoms with Crippen LogP contribution in [-0.4, -0.2) is 30.1 Å². The van der Waals surface area contributed by atoms with Gasteiger partial charge in [-0.1, -0.05) is 49.4 Å². The van der Waals surface area contributed by atoms with E-state index in [1.54, 1.807) is 0 Å². The van der Waals surface area contributed by atoms with Crippen LogP contribution in [0, 0.1) is 0 Å². The van der Waals surface area contributed by atoms with Crippen molar-refractivity contribution in [1.82, 2.24) is 10.2 Å². The van der Waals surface area contributed by atoms with Gasteiger partial charge in [-0.05, 0) is 42.5 Å². The van der Waals surface area contributed by atoms with Crippen molar-refractivity contribution in [3.05, 3.63) is 65.7 Å². The van der Waals surface area contributed by atoms with Crippen molar-refractivity contribution in [3.8, 4) is 0 Å². The van der Waals surface area contributed by atoms with Gasteiger partial charge in [0.05, 0.1) is 0 Å². The number of carbonyl (C=O) groups is 1. The maximum atomic E-state index is 12.1. The van der Waals surface area contributed by atoms with E-state index in [1.807, 2.05) is 30.3 Å². The average molecular weight is 337 g/mol. The van der Waals surface area contributed by atoms with Crippen LogP contribution in [0.1, 0.15) is 30.9 Å². The summed E-state index contributed by atoms with van der Waals surface area (Å²) in [6.07, 6.45) is 3.07. The van der Waals surface area contributed by atoms with Gasteiger partial charge < -0.3 is 10.6 Å². The molecule has 0 spiro atoms. The van der Waals surface area contributed by atoms with Crippen LogP contribution in [0.15, 0.2) is 54.6 Å². The van der Waals surface area contributed by atoms with E-state index in [0.717, 1.165) is 44.6 Å². The lowest BCUT2D eigenvalue weighted by atomic mass is 10.0. The van der Waals surface area contributed by atoms with Crippen molar-refractivity contribution in [2.45, 2.75) is 38.8 Å². The number of likely N-dealkylation sites (tertiary alicyclic amines) is 1. The summed E-state index contributed by atoms with van der Waals surface area (Å²) in [6, 6.07) is 18.6. The fourth-order valence-corrected chi connectivity index (χ4v) is 3.32. The van der Waals surface area contributed by atoms with Gasteiger partial charge in [0.15, 0.2) is 0 Å². The second kappa shape index (κ2) is 8.67. The first-order valence-electron chi connectivity index (χ1n) is 9.15. The summed E-state index contributed by atoms with van der Waals surface area (Å²) in [5.41, 5.74) is 3.60. The Morgan fingerprint density at radius 3 is 2.48 bits per heavy atom. The molecule has 2 amide bonds. The number of benzene rings is 2. The molecule has 2 aromatic carbocycles. The molecule has 2 aromatic rings. The third kappa shape index (κ3) is 5.33. The van der Waals surface area contributed by atoms with Gasteiger partial charge in [-0.25, -0.2) is 4.79 Å². The molecule has 0 saturated carbocycles. The minimum atomic E-state index is -0.111. The number of hydrogen-bond acceptors (Lipinski definition) is 2. The molecule has 1 saturated heterocycles. The molecule has 4 nitrogen and oxygen atoms in total. The van der Waals surface area contributed by atoms with Crippen molar-refractivity contribution in [2.24, 2.45) is 0 Å². The maximum absolute atomic E-state index is 12.1. The molecule has 0 aliphatic carbocycles. The van der Waals surface area contributed by atoms with Crippen LogP contribution in [0.4, 0.5) is 10.5 Å². The van der Waals surface area contributed by atoms with Gasteiger partial charge in [-0.15, -0.1) is 0 Å². The normalized spacial score (nSPS) is 15.7. The summed E-state index contributed by atoms with van der Waals surface area (Å²) in [5, 5.41) is 5.98. The third-order valence-corrected chi connectivity index (χ3v) is 4.76. The van der Waals surface area contributed by atoms with Gasteiger partial charge in [0, 0.05) is 31.4 Å². The Morgan fingerprint density at radius 2 is 1.76 bits per heavy atom. The quantitative estimate of drug-likeness (QED) is 0.865. The molecular formula is C21H27N3O. The number of para-hydroxylation sites is 1. The number of piperidine rings is 1. The molecule has 2 N–H and O–H groups in total. The minimum absolute atomic E-state index is 0.111. The fraction of sp³-hybridized carbons (Fsp3) is 0.381. The second-order valence-electron chi connectivity index (χ2n) is 6.69. The Bertz CT molecular complexity index is 679. The van der Waals surface area contributed by atoms with E-state index < -0.39 is 0 Å². The van der Waals surface area contributed by atoms with Crippen LogP contribution >= 0.6 is 0 Å². The molecule has 1 heterocycles. The monoisotopic (exact) mass is 337 g/mol. The SMILES string of the molecule is CCc1cccc(CN2CCC(NC(=O)Nc3ccccc3)CC2)c1. The van der Waals surface area contributed by atoms with Gasteiger partial charge in [0.25, 0.3) is 0 Å². The summed E-state index contributed by atoms with van der Waals surface area (Å²) in [5.74, 6) is 0. The molecule has 0 bridgehead atoms. The van der Waals surface area contributed by atoms with Gasteiger partial charge in [0.2, 0.25) is 0 Å². The van der Waals surface area contributed by atoms with Crippen molar-refractivity contribution >= 4 is 11.7 Å². The van der Waals surface area contributed by atoms with Gasteiger partial charge in [0.1, 0.15) is 0 Å². The first-order valence-corrected chi connectivity index (χ1v) is 9.15. The number of hydrogen-bond donors (Lipinski definition) is 2. The maximum Gasteiger partial charge on any atom is 0.319 e. The number of urea groups is 1. The van der Waals surface area contributed by atoms with Crippen molar-refractivity contribution in [1.29, 1.82) is 0 Å². The van der Waals surface area contributed by atoms with Gasteiger partial charge >= 0.3 is 6.03 Å². The van der Waals surface area contributed by atoms with Crippen molar-refractivity contribution in [3.63, 3.8) is 0 Å². The van der Waals surface area contributed by atoms with Crippen LogP contribution in [-0.2, 0) is 13.0 Å². The topological polar surface area (TPSA) is 44.4 Å². The summed E-state index contributed by atoms with van der Waals surface area (Å²) < 4.78 is 0. The van der Waals surface area contributed by atoms with Crippen LogP contribution in [0.5, 0.6) is 0 Å². The van der Waals surface area contributed by atoms with E-state index >= 15 is 0 Å². The lowest BCUT2D eigenvalue weighted by Gasteiger charge is -2.32. The summed E-state index contributed by atoms with van der Waals surface area (Å²) in [6.45, 7) is 5.23. The standard InChI is InChI=1S/C21H27N3O/c1-2-17-7-6-8-18(15-17)16-24-13-11-20(12-14-24)23-21(25)22-19-9-4-3-5-10-19/h3-10,15,20H,2,11-14,16H2,1H3,(H2,22,23,25).